The second-order valence-corrected chi connectivity index (χ2v) is 11.0. The van der Waals surface area contributed by atoms with Crippen molar-refractivity contribution in [2.75, 3.05) is 25.5 Å². The smallest absolute Gasteiger partial charge is 0.289 e. The molecule has 37 heavy (non-hydrogen) atoms. The third-order valence-corrected chi connectivity index (χ3v) is 8.59. The van der Waals surface area contributed by atoms with Crippen LogP contribution < -0.4 is 15.8 Å². The molecule has 1 aliphatic carbocycles. The number of aromatic amines is 1. The van der Waals surface area contributed by atoms with Gasteiger partial charge in [-0.1, -0.05) is 29.5 Å². The first-order valence-electron chi connectivity index (χ1n) is 13.0. The van der Waals surface area contributed by atoms with Gasteiger partial charge >= 0.3 is 0 Å². The summed E-state index contributed by atoms with van der Waals surface area (Å²) in [5.41, 5.74) is 2.34. The number of carbonyl (C=O) groups is 1. The van der Waals surface area contributed by atoms with E-state index in [0.29, 0.717) is 17.6 Å². The van der Waals surface area contributed by atoms with Crippen LogP contribution in [-0.2, 0) is 23.9 Å². The Kier molecular flexibility index (Phi) is 9.82. The maximum absolute atomic E-state index is 14.5. The van der Waals surface area contributed by atoms with E-state index in [4.69, 9.17) is 0 Å². The summed E-state index contributed by atoms with van der Waals surface area (Å²) >= 11 is 2.29. The van der Waals surface area contributed by atoms with Crippen molar-refractivity contribution in [3.63, 3.8) is 0 Å². The average molecular weight is 632 g/mol. The number of amides is 1. The topological polar surface area (TPSA) is 73.4 Å². The number of hydrogen-bond acceptors (Lipinski definition) is 4. The van der Waals surface area contributed by atoms with Crippen LogP contribution >= 0.6 is 22.6 Å². The van der Waals surface area contributed by atoms with Gasteiger partial charge in [-0.2, -0.15) is 8.78 Å². The van der Waals surface area contributed by atoms with Gasteiger partial charge in [-0.15, -0.1) is 0 Å². The zero-order chi connectivity index (χ0) is 27.5. The van der Waals surface area contributed by atoms with Gasteiger partial charge in [0.1, 0.15) is 5.69 Å². The van der Waals surface area contributed by atoms with E-state index in [1.54, 1.807) is 0 Å². The fraction of sp³-hybridized carbons (Fsp3) is 0.630. The Bertz CT molecular complexity index is 1150. The van der Waals surface area contributed by atoms with E-state index in [2.05, 4.69) is 69.9 Å². The summed E-state index contributed by atoms with van der Waals surface area (Å²) in [7, 11) is 5.67. The molecule has 2 N–H and O–H groups in total. The number of hydrogen-bond donors (Lipinski definition) is 2. The fourth-order valence-electron chi connectivity index (χ4n) is 5.38. The molecule has 1 aromatic carbocycles. The van der Waals surface area contributed by atoms with Crippen molar-refractivity contribution < 1.29 is 13.6 Å². The molecule has 206 valence electrons. The predicted molar refractivity (Wildman–Crippen MR) is 153 cm³/mol. The number of halogens is 3. The lowest BCUT2D eigenvalue weighted by Gasteiger charge is -2.40. The molecule has 7 nitrogen and oxygen atoms in total. The van der Waals surface area contributed by atoms with Crippen molar-refractivity contribution in [2.45, 2.75) is 81.9 Å². The summed E-state index contributed by atoms with van der Waals surface area (Å²) in [5, 5.41) is 5.22. The Balaban J connectivity index is 1.88. The number of H-pyrrole nitrogens is 1. The van der Waals surface area contributed by atoms with Crippen molar-refractivity contribution in [2.24, 2.45) is 7.05 Å². The number of aromatic nitrogens is 2. The molecule has 3 rings (SSSR count). The molecule has 0 atom stereocenters. The van der Waals surface area contributed by atoms with Gasteiger partial charge in [-0.3, -0.25) is 19.4 Å². The Hall–Kier alpha value is -1.95. The molecular formula is C27H40F2IN5O2. The molecule has 1 heterocycles. The van der Waals surface area contributed by atoms with Gasteiger partial charge < -0.3 is 15.1 Å². The zero-order valence-corrected chi connectivity index (χ0v) is 24.9. The monoisotopic (exact) mass is 631 g/mol. The Morgan fingerprint density at radius 2 is 1.81 bits per heavy atom. The standard InChI is InChI=1S/C27H40F2IN5O2/c1-7-27(28,29)24-22(26(37)34(6)32-24)16-31-25(36)21-13-18(15-30)14-23(17(21)3)35(8-2)20-11-9-19(10-12-20)33(4)5/h13-14,19-20,32H,7-12,15-16H2,1-6H3,(H,31,36). The number of nitrogens with one attached hydrogen (secondary N) is 2. The molecule has 1 aliphatic rings. The Morgan fingerprint density at radius 1 is 1.19 bits per heavy atom. The molecule has 10 heteroatoms. The number of aryl methyl sites for hydroxylation is 1. The van der Waals surface area contributed by atoms with Crippen molar-refractivity contribution in [1.82, 2.24) is 20.0 Å². The largest absolute Gasteiger partial charge is 0.369 e. The summed E-state index contributed by atoms with van der Waals surface area (Å²) < 4.78 is 30.7. The molecule has 1 fully saturated rings. The molecule has 0 saturated heterocycles. The second kappa shape index (κ2) is 12.3. The van der Waals surface area contributed by atoms with E-state index < -0.39 is 23.6 Å². The summed E-state index contributed by atoms with van der Waals surface area (Å²) in [5.74, 6) is -3.55. The van der Waals surface area contributed by atoms with Crippen LogP contribution in [0.1, 0.15) is 78.7 Å². The van der Waals surface area contributed by atoms with Gasteiger partial charge in [0.25, 0.3) is 17.4 Å². The quantitative estimate of drug-likeness (QED) is 0.283. The number of carbonyl (C=O) groups excluding carboxylic acids is 1. The van der Waals surface area contributed by atoms with E-state index >= 15 is 0 Å². The molecular weight excluding hydrogens is 591 g/mol. The minimum absolute atomic E-state index is 0.113. The maximum atomic E-state index is 14.5. The summed E-state index contributed by atoms with van der Waals surface area (Å²) in [6.45, 7) is 6.01. The number of nitrogens with zero attached hydrogens (tertiary/aromatic N) is 3. The lowest BCUT2D eigenvalue weighted by molar-refractivity contribution is -0.0142. The van der Waals surface area contributed by atoms with Crippen LogP contribution in [0.15, 0.2) is 16.9 Å². The molecule has 1 aromatic heterocycles. The summed E-state index contributed by atoms with van der Waals surface area (Å²) in [4.78, 5) is 30.6. The normalized spacial score (nSPS) is 18.3. The van der Waals surface area contributed by atoms with Crippen molar-refractivity contribution >= 4 is 34.2 Å². The minimum Gasteiger partial charge on any atom is -0.369 e. The van der Waals surface area contributed by atoms with Crippen LogP contribution in [0.4, 0.5) is 14.5 Å². The van der Waals surface area contributed by atoms with Crippen LogP contribution in [0.25, 0.3) is 0 Å². The van der Waals surface area contributed by atoms with E-state index in [9.17, 15) is 18.4 Å². The van der Waals surface area contributed by atoms with E-state index in [1.807, 2.05) is 13.0 Å². The van der Waals surface area contributed by atoms with Crippen LogP contribution in [-0.4, -0.2) is 53.3 Å². The highest BCUT2D eigenvalue weighted by atomic mass is 127. The van der Waals surface area contributed by atoms with Crippen molar-refractivity contribution in [3.8, 4) is 0 Å². The first-order chi connectivity index (χ1) is 17.4. The van der Waals surface area contributed by atoms with Crippen molar-refractivity contribution in [1.29, 1.82) is 0 Å². The lowest BCUT2D eigenvalue weighted by atomic mass is 9.88. The third-order valence-electron chi connectivity index (χ3n) is 7.71. The van der Waals surface area contributed by atoms with Crippen LogP contribution in [0, 0.1) is 6.92 Å². The van der Waals surface area contributed by atoms with Gasteiger partial charge in [0.05, 0.1) is 12.1 Å². The number of alkyl halides is 3. The highest BCUT2D eigenvalue weighted by Gasteiger charge is 2.36. The summed E-state index contributed by atoms with van der Waals surface area (Å²) in [6, 6.07) is 5.04. The third kappa shape index (κ3) is 6.38. The first kappa shape index (κ1) is 29.6. The molecule has 0 spiro atoms. The summed E-state index contributed by atoms with van der Waals surface area (Å²) in [6.07, 6.45) is 4.03. The van der Waals surface area contributed by atoms with Crippen LogP contribution in [0.2, 0.25) is 0 Å². The maximum Gasteiger partial charge on any atom is 0.289 e. The predicted octanol–water partition coefficient (Wildman–Crippen LogP) is 5.09. The van der Waals surface area contributed by atoms with Gasteiger partial charge in [0.2, 0.25) is 0 Å². The number of anilines is 1. The van der Waals surface area contributed by atoms with Crippen molar-refractivity contribution in [3.05, 3.63) is 50.4 Å². The average Bonchev–Trinajstić information content (AvgIpc) is 3.18. The van der Waals surface area contributed by atoms with E-state index in [-0.39, 0.29) is 18.0 Å². The highest BCUT2D eigenvalue weighted by Crippen LogP contribution is 2.34. The fourth-order valence-corrected chi connectivity index (χ4v) is 5.82. The van der Waals surface area contributed by atoms with E-state index in [1.165, 1.54) is 14.0 Å². The molecule has 0 aliphatic heterocycles. The Morgan fingerprint density at radius 3 is 2.35 bits per heavy atom. The highest BCUT2D eigenvalue weighted by molar-refractivity contribution is 14.1. The van der Waals surface area contributed by atoms with Gasteiger partial charge in [-0.05, 0) is 76.9 Å². The van der Waals surface area contributed by atoms with E-state index in [0.717, 1.165) is 58.2 Å². The van der Waals surface area contributed by atoms with Crippen LogP contribution in [0.5, 0.6) is 0 Å². The van der Waals surface area contributed by atoms with Gasteiger partial charge in [0.15, 0.2) is 0 Å². The molecule has 0 bridgehead atoms. The Labute approximate surface area is 232 Å². The van der Waals surface area contributed by atoms with Gasteiger partial charge in [-0.25, -0.2) is 0 Å². The number of benzene rings is 1. The molecule has 2 aromatic rings. The SMILES string of the molecule is CCN(c1cc(CI)cc(C(=O)NCc2c(C(F)(F)CC)[nH]n(C)c2=O)c1C)C1CCC(N(C)C)CC1. The molecule has 0 unspecified atom stereocenters. The molecule has 0 radical (unpaired) electrons. The second-order valence-electron chi connectivity index (χ2n) is 10.2. The minimum atomic E-state index is -3.18. The van der Waals surface area contributed by atoms with Gasteiger partial charge in [0, 0.05) is 47.8 Å². The number of rotatable bonds is 10. The lowest BCUT2D eigenvalue weighted by Crippen LogP contribution is -2.42. The zero-order valence-electron chi connectivity index (χ0n) is 22.8. The molecule has 1 amide bonds. The first-order valence-corrected chi connectivity index (χ1v) is 14.5. The van der Waals surface area contributed by atoms with Crippen LogP contribution in [0.3, 0.4) is 0 Å². The molecule has 1 saturated carbocycles.